The number of carbonyl (C=O) groups excluding carboxylic acids is 1. The average Bonchev–Trinajstić information content (AvgIpc) is 3.05. The zero-order valence-corrected chi connectivity index (χ0v) is 14.4. The predicted molar refractivity (Wildman–Crippen MR) is 100.0 cm³/mol. The van der Waals surface area contributed by atoms with Gasteiger partial charge in [0.05, 0.1) is 23.6 Å². The molecule has 0 spiro atoms. The van der Waals surface area contributed by atoms with E-state index in [1.165, 1.54) is 12.1 Å². The molecule has 27 heavy (non-hydrogen) atoms. The largest absolute Gasteiger partial charge is 0.417 e. The van der Waals surface area contributed by atoms with Crippen LogP contribution in [0.25, 0.3) is 22.0 Å². The predicted octanol–water partition coefficient (Wildman–Crippen LogP) is 4.39. The third-order valence-corrected chi connectivity index (χ3v) is 4.15. The molecular formula is C20H15FN4O2. The molecule has 0 atom stereocenters. The number of pyridine rings is 1. The van der Waals surface area contributed by atoms with Crippen molar-refractivity contribution in [3.8, 4) is 16.9 Å². The smallest absolute Gasteiger partial charge is 0.410 e. The van der Waals surface area contributed by atoms with E-state index in [4.69, 9.17) is 4.74 Å². The molecule has 0 saturated heterocycles. The number of hydrogen-bond donors (Lipinski definition) is 1. The summed E-state index contributed by atoms with van der Waals surface area (Å²) in [7, 11) is 1.82. The molecule has 0 saturated carbocycles. The fourth-order valence-electron chi connectivity index (χ4n) is 2.80. The molecule has 6 nitrogen and oxygen atoms in total. The molecule has 2 aromatic carbocycles. The summed E-state index contributed by atoms with van der Waals surface area (Å²) in [6.45, 7) is 0. The van der Waals surface area contributed by atoms with Crippen molar-refractivity contribution in [1.29, 1.82) is 0 Å². The van der Waals surface area contributed by atoms with Gasteiger partial charge in [0.25, 0.3) is 0 Å². The Morgan fingerprint density at radius 2 is 1.93 bits per heavy atom. The van der Waals surface area contributed by atoms with Gasteiger partial charge in [0.15, 0.2) is 0 Å². The molecule has 0 aliphatic heterocycles. The fraction of sp³-hybridized carbons (Fsp3) is 0.0500. The van der Waals surface area contributed by atoms with Crippen LogP contribution in [0.5, 0.6) is 5.75 Å². The molecule has 2 heterocycles. The number of fused-ring (bicyclic) bond motifs is 1. The first-order valence-electron chi connectivity index (χ1n) is 8.21. The molecule has 1 N–H and O–H groups in total. The Labute approximate surface area is 154 Å². The van der Waals surface area contributed by atoms with E-state index in [1.807, 2.05) is 7.05 Å². The molecule has 4 aromatic rings. The van der Waals surface area contributed by atoms with E-state index in [0.29, 0.717) is 11.3 Å². The minimum Gasteiger partial charge on any atom is -0.410 e. The minimum atomic E-state index is -0.760. The van der Waals surface area contributed by atoms with Crippen LogP contribution < -0.4 is 10.1 Å². The van der Waals surface area contributed by atoms with Crippen LogP contribution in [0.3, 0.4) is 0 Å². The number of para-hydroxylation sites is 1. The lowest BCUT2D eigenvalue weighted by atomic mass is 10.0. The van der Waals surface area contributed by atoms with Gasteiger partial charge in [0.2, 0.25) is 0 Å². The molecule has 2 aromatic heterocycles. The lowest BCUT2D eigenvalue weighted by Crippen LogP contribution is -2.17. The van der Waals surface area contributed by atoms with Gasteiger partial charge in [0.1, 0.15) is 11.6 Å². The van der Waals surface area contributed by atoms with Crippen molar-refractivity contribution in [2.24, 2.45) is 7.05 Å². The molecule has 0 aliphatic rings. The maximum atomic E-state index is 14.5. The van der Waals surface area contributed by atoms with Crippen LogP contribution in [0.1, 0.15) is 0 Å². The summed E-state index contributed by atoms with van der Waals surface area (Å²) in [5.74, 6) is -0.195. The highest BCUT2D eigenvalue weighted by Crippen LogP contribution is 2.29. The number of hydrogen-bond acceptors (Lipinski definition) is 4. The second kappa shape index (κ2) is 6.87. The summed E-state index contributed by atoms with van der Waals surface area (Å²) in [6, 6.07) is 13.1. The number of halogens is 1. The summed E-state index contributed by atoms with van der Waals surface area (Å²) in [4.78, 5) is 16.1. The van der Waals surface area contributed by atoms with Crippen LogP contribution in [0.15, 0.2) is 67.1 Å². The van der Waals surface area contributed by atoms with Crippen molar-refractivity contribution in [2.75, 3.05) is 5.32 Å². The van der Waals surface area contributed by atoms with Gasteiger partial charge in [-0.1, -0.05) is 24.3 Å². The number of amides is 1. The first-order chi connectivity index (χ1) is 13.1. The van der Waals surface area contributed by atoms with E-state index in [9.17, 15) is 9.18 Å². The molecule has 0 unspecified atom stereocenters. The maximum absolute atomic E-state index is 14.5. The fourth-order valence-corrected chi connectivity index (χ4v) is 2.80. The summed E-state index contributed by atoms with van der Waals surface area (Å²) in [5, 5.41) is 7.49. The number of aryl methyl sites for hydroxylation is 1. The summed E-state index contributed by atoms with van der Waals surface area (Å²) >= 11 is 0. The van der Waals surface area contributed by atoms with Crippen molar-refractivity contribution in [1.82, 2.24) is 14.8 Å². The van der Waals surface area contributed by atoms with Crippen molar-refractivity contribution < 1.29 is 13.9 Å². The van der Waals surface area contributed by atoms with Crippen LogP contribution in [0.2, 0.25) is 0 Å². The monoisotopic (exact) mass is 362 g/mol. The Morgan fingerprint density at radius 1 is 1.11 bits per heavy atom. The van der Waals surface area contributed by atoms with E-state index < -0.39 is 11.9 Å². The number of ether oxygens (including phenoxy) is 1. The highest BCUT2D eigenvalue weighted by molar-refractivity contribution is 5.94. The Morgan fingerprint density at radius 3 is 2.70 bits per heavy atom. The van der Waals surface area contributed by atoms with Gasteiger partial charge in [-0.05, 0) is 29.8 Å². The number of nitrogens with one attached hydrogen (secondary N) is 1. The van der Waals surface area contributed by atoms with E-state index in [-0.39, 0.29) is 5.69 Å². The van der Waals surface area contributed by atoms with Crippen LogP contribution in [-0.2, 0) is 7.05 Å². The number of carbonyl (C=O) groups is 1. The number of nitrogens with zero attached hydrogens (tertiary/aromatic N) is 3. The van der Waals surface area contributed by atoms with Crippen molar-refractivity contribution in [2.45, 2.75) is 0 Å². The highest BCUT2D eigenvalue weighted by atomic mass is 19.1. The summed E-state index contributed by atoms with van der Waals surface area (Å²) in [5.41, 5.74) is 2.28. The molecule has 0 aliphatic carbocycles. The lowest BCUT2D eigenvalue weighted by molar-refractivity contribution is 0.215. The van der Waals surface area contributed by atoms with Crippen LogP contribution in [-0.4, -0.2) is 20.9 Å². The zero-order chi connectivity index (χ0) is 18.8. The van der Waals surface area contributed by atoms with Crippen molar-refractivity contribution >= 4 is 22.7 Å². The summed E-state index contributed by atoms with van der Waals surface area (Å²) in [6.07, 6.45) is 4.32. The van der Waals surface area contributed by atoms with E-state index in [2.05, 4.69) is 15.4 Å². The molecule has 4 rings (SSSR count). The van der Waals surface area contributed by atoms with Gasteiger partial charge in [-0.25, -0.2) is 9.18 Å². The first kappa shape index (κ1) is 16.7. The minimum absolute atomic E-state index is 0.0333. The number of benzene rings is 2. The van der Waals surface area contributed by atoms with Crippen LogP contribution in [0.4, 0.5) is 14.9 Å². The van der Waals surface area contributed by atoms with Gasteiger partial charge in [-0.3, -0.25) is 15.0 Å². The van der Waals surface area contributed by atoms with Crippen LogP contribution in [0, 0.1) is 5.82 Å². The van der Waals surface area contributed by atoms with Gasteiger partial charge in [0, 0.05) is 24.2 Å². The standard InChI is InChI=1S/C20H15FN4O2/c1-25-19-12-22-10-15(16(19)11-23-25)13-7-8-18(17(21)9-13)24-20(26)27-14-5-3-2-4-6-14/h2-12H,1H3,(H,24,26). The quantitative estimate of drug-likeness (QED) is 0.587. The number of aromatic nitrogens is 3. The van der Waals surface area contributed by atoms with Crippen molar-refractivity contribution in [3.63, 3.8) is 0 Å². The second-order valence-corrected chi connectivity index (χ2v) is 5.91. The van der Waals surface area contributed by atoms with E-state index in [0.717, 1.165) is 16.5 Å². The Balaban J connectivity index is 1.58. The first-order valence-corrected chi connectivity index (χ1v) is 8.21. The molecular weight excluding hydrogens is 347 g/mol. The van der Waals surface area contributed by atoms with Gasteiger partial charge in [-0.2, -0.15) is 5.10 Å². The normalized spacial score (nSPS) is 10.7. The third-order valence-electron chi connectivity index (χ3n) is 4.15. The highest BCUT2D eigenvalue weighted by Gasteiger charge is 2.13. The third kappa shape index (κ3) is 3.35. The molecule has 0 fully saturated rings. The SMILES string of the molecule is Cn1ncc2c(-c3ccc(NC(=O)Oc4ccccc4)c(F)c3)cncc21. The summed E-state index contributed by atoms with van der Waals surface area (Å²) < 4.78 is 21.3. The molecule has 7 heteroatoms. The Kier molecular flexibility index (Phi) is 4.25. The molecule has 134 valence electrons. The van der Waals surface area contributed by atoms with E-state index >= 15 is 0 Å². The van der Waals surface area contributed by atoms with Crippen LogP contribution >= 0.6 is 0 Å². The number of rotatable bonds is 3. The Bertz CT molecular complexity index is 1130. The Hall–Kier alpha value is -3.74. The zero-order valence-electron chi connectivity index (χ0n) is 14.4. The van der Waals surface area contributed by atoms with Gasteiger partial charge >= 0.3 is 6.09 Å². The number of anilines is 1. The molecule has 0 bridgehead atoms. The second-order valence-electron chi connectivity index (χ2n) is 5.91. The van der Waals surface area contributed by atoms with Gasteiger partial charge < -0.3 is 4.74 Å². The average molecular weight is 362 g/mol. The van der Waals surface area contributed by atoms with Gasteiger partial charge in [-0.15, -0.1) is 0 Å². The maximum Gasteiger partial charge on any atom is 0.417 e. The topological polar surface area (TPSA) is 69.0 Å². The molecule has 1 amide bonds. The lowest BCUT2D eigenvalue weighted by Gasteiger charge is -2.09. The molecule has 0 radical (unpaired) electrons. The van der Waals surface area contributed by atoms with E-state index in [1.54, 1.807) is 59.7 Å². The van der Waals surface area contributed by atoms with Crippen molar-refractivity contribution in [3.05, 3.63) is 72.9 Å².